The van der Waals surface area contributed by atoms with Crippen molar-refractivity contribution in [2.75, 3.05) is 32.1 Å². The van der Waals surface area contributed by atoms with Gasteiger partial charge in [0, 0.05) is 44.9 Å². The first-order valence-electron chi connectivity index (χ1n) is 6.30. The molecule has 0 saturated heterocycles. The molecule has 5 heteroatoms. The van der Waals surface area contributed by atoms with Crippen molar-refractivity contribution in [2.45, 2.75) is 13.3 Å². The summed E-state index contributed by atoms with van der Waals surface area (Å²) in [7, 11) is 3.94. The molecule has 0 saturated carbocycles. The van der Waals surface area contributed by atoms with E-state index in [2.05, 4.69) is 0 Å². The van der Waals surface area contributed by atoms with Gasteiger partial charge in [-0.05, 0) is 31.2 Å². The maximum atomic E-state index is 12.3. The minimum Gasteiger partial charge on any atom is -0.393 e. The van der Waals surface area contributed by atoms with Gasteiger partial charge in [-0.15, -0.1) is 0 Å². The van der Waals surface area contributed by atoms with Crippen LogP contribution in [0.3, 0.4) is 0 Å². The van der Waals surface area contributed by atoms with Crippen molar-refractivity contribution in [3.63, 3.8) is 0 Å². The highest BCUT2D eigenvalue weighted by molar-refractivity contribution is 7.80. The van der Waals surface area contributed by atoms with E-state index in [1.807, 2.05) is 50.2 Å². The first-order chi connectivity index (χ1) is 8.95. The predicted octanol–water partition coefficient (Wildman–Crippen LogP) is 1.89. The smallest absolute Gasteiger partial charge is 0.253 e. The largest absolute Gasteiger partial charge is 0.393 e. The number of benzene rings is 1. The number of nitrogens with two attached hydrogens (primary N) is 1. The van der Waals surface area contributed by atoms with Gasteiger partial charge in [-0.25, -0.2) is 0 Å². The molecule has 0 aliphatic heterocycles. The molecule has 19 heavy (non-hydrogen) atoms. The van der Waals surface area contributed by atoms with Crippen LogP contribution in [0.1, 0.15) is 23.7 Å². The molecule has 4 nitrogen and oxygen atoms in total. The second-order valence-corrected chi connectivity index (χ2v) is 5.07. The zero-order valence-corrected chi connectivity index (χ0v) is 12.5. The molecule has 0 atom stereocenters. The molecule has 0 aliphatic rings. The highest BCUT2D eigenvalue weighted by atomic mass is 32.1. The van der Waals surface area contributed by atoms with E-state index in [1.54, 1.807) is 4.90 Å². The van der Waals surface area contributed by atoms with Crippen LogP contribution in [0.25, 0.3) is 0 Å². The number of anilines is 1. The summed E-state index contributed by atoms with van der Waals surface area (Å²) in [6.45, 7) is 3.17. The summed E-state index contributed by atoms with van der Waals surface area (Å²) in [6, 6.07) is 7.57. The van der Waals surface area contributed by atoms with Crippen LogP contribution >= 0.6 is 12.2 Å². The summed E-state index contributed by atoms with van der Waals surface area (Å²) in [5, 5.41) is 0. The average molecular weight is 279 g/mol. The maximum absolute atomic E-state index is 12.3. The Morgan fingerprint density at radius 1 is 1.26 bits per heavy atom. The lowest BCUT2D eigenvalue weighted by Crippen LogP contribution is -2.33. The van der Waals surface area contributed by atoms with Gasteiger partial charge in [-0.1, -0.05) is 12.2 Å². The number of rotatable bonds is 6. The van der Waals surface area contributed by atoms with Gasteiger partial charge >= 0.3 is 0 Å². The highest BCUT2D eigenvalue weighted by Crippen LogP contribution is 2.14. The number of hydrogen-bond acceptors (Lipinski definition) is 3. The van der Waals surface area contributed by atoms with E-state index in [9.17, 15) is 4.79 Å². The van der Waals surface area contributed by atoms with Crippen molar-refractivity contribution >= 4 is 28.8 Å². The molecule has 104 valence electrons. The Kier molecular flexibility index (Phi) is 5.76. The van der Waals surface area contributed by atoms with Gasteiger partial charge in [0.25, 0.3) is 5.91 Å². The standard InChI is InChI=1S/C14H21N3OS/c1-4-17(10-9-13(15)19)14(18)11-5-7-12(8-6-11)16(2)3/h5-8H,4,9-10H2,1-3H3,(H2,15,19). The molecule has 1 aromatic carbocycles. The van der Waals surface area contributed by atoms with Crippen LogP contribution in [0.4, 0.5) is 5.69 Å². The monoisotopic (exact) mass is 279 g/mol. The van der Waals surface area contributed by atoms with Crippen molar-refractivity contribution in [1.82, 2.24) is 4.90 Å². The number of hydrogen-bond donors (Lipinski definition) is 1. The maximum Gasteiger partial charge on any atom is 0.253 e. The average Bonchev–Trinajstić information content (AvgIpc) is 2.39. The molecule has 0 spiro atoms. The van der Waals surface area contributed by atoms with Crippen molar-refractivity contribution < 1.29 is 4.79 Å². The van der Waals surface area contributed by atoms with Crippen LogP contribution in [0.5, 0.6) is 0 Å². The number of amides is 1. The van der Waals surface area contributed by atoms with Gasteiger partial charge < -0.3 is 15.5 Å². The van der Waals surface area contributed by atoms with Crippen LogP contribution in [0, 0.1) is 0 Å². The zero-order chi connectivity index (χ0) is 14.4. The van der Waals surface area contributed by atoms with Crippen molar-refractivity contribution in [3.05, 3.63) is 29.8 Å². The molecule has 0 radical (unpaired) electrons. The topological polar surface area (TPSA) is 49.6 Å². The summed E-state index contributed by atoms with van der Waals surface area (Å²) in [4.78, 5) is 16.5. The SMILES string of the molecule is CCN(CCC(N)=S)C(=O)c1ccc(N(C)C)cc1. The fraction of sp³-hybridized carbons (Fsp3) is 0.429. The quantitative estimate of drug-likeness (QED) is 0.808. The third-order valence-corrected chi connectivity index (χ3v) is 3.13. The molecule has 0 bridgehead atoms. The summed E-state index contributed by atoms with van der Waals surface area (Å²) in [5.41, 5.74) is 7.24. The molecule has 0 unspecified atom stereocenters. The van der Waals surface area contributed by atoms with Gasteiger partial charge in [0.1, 0.15) is 0 Å². The summed E-state index contributed by atoms with van der Waals surface area (Å²) in [5.74, 6) is 0.0176. The minimum atomic E-state index is 0.0176. The normalized spacial score (nSPS) is 10.1. The van der Waals surface area contributed by atoms with E-state index in [-0.39, 0.29) is 5.91 Å². The Hall–Kier alpha value is -1.62. The van der Waals surface area contributed by atoms with Gasteiger partial charge in [0.15, 0.2) is 0 Å². The van der Waals surface area contributed by atoms with E-state index in [0.29, 0.717) is 30.1 Å². The van der Waals surface area contributed by atoms with Crippen LogP contribution in [-0.4, -0.2) is 43.0 Å². The second kappa shape index (κ2) is 7.09. The Morgan fingerprint density at radius 3 is 2.26 bits per heavy atom. The van der Waals surface area contributed by atoms with Crippen LogP contribution < -0.4 is 10.6 Å². The third kappa shape index (κ3) is 4.52. The molecule has 0 fully saturated rings. The van der Waals surface area contributed by atoms with Gasteiger partial charge in [-0.2, -0.15) is 0 Å². The third-order valence-electron chi connectivity index (χ3n) is 2.93. The lowest BCUT2D eigenvalue weighted by atomic mass is 10.1. The number of carbonyl (C=O) groups is 1. The fourth-order valence-corrected chi connectivity index (χ4v) is 1.82. The number of carbonyl (C=O) groups excluding carboxylic acids is 1. The predicted molar refractivity (Wildman–Crippen MR) is 83.7 cm³/mol. The van der Waals surface area contributed by atoms with Crippen molar-refractivity contribution in [3.8, 4) is 0 Å². The molecule has 1 rings (SSSR count). The van der Waals surface area contributed by atoms with E-state index < -0.39 is 0 Å². The van der Waals surface area contributed by atoms with Crippen LogP contribution in [0.2, 0.25) is 0 Å². The first kappa shape index (κ1) is 15.4. The van der Waals surface area contributed by atoms with E-state index in [0.717, 1.165) is 5.69 Å². The van der Waals surface area contributed by atoms with Crippen molar-refractivity contribution in [1.29, 1.82) is 0 Å². The first-order valence-corrected chi connectivity index (χ1v) is 6.71. The fourth-order valence-electron chi connectivity index (χ4n) is 1.73. The van der Waals surface area contributed by atoms with Gasteiger partial charge in [0.2, 0.25) is 0 Å². The molecule has 1 aromatic rings. The van der Waals surface area contributed by atoms with E-state index in [1.165, 1.54) is 0 Å². The molecule has 0 aliphatic carbocycles. The summed E-state index contributed by atoms with van der Waals surface area (Å²) in [6.07, 6.45) is 0.560. The van der Waals surface area contributed by atoms with Crippen LogP contribution in [-0.2, 0) is 0 Å². The Bertz CT molecular complexity index is 443. The van der Waals surface area contributed by atoms with Gasteiger partial charge in [-0.3, -0.25) is 4.79 Å². The Labute approximate surface area is 120 Å². The molecule has 0 heterocycles. The lowest BCUT2D eigenvalue weighted by molar-refractivity contribution is 0.0769. The number of nitrogens with zero attached hydrogens (tertiary/aromatic N) is 2. The van der Waals surface area contributed by atoms with Crippen LogP contribution in [0.15, 0.2) is 24.3 Å². The Balaban J connectivity index is 2.76. The molecule has 1 amide bonds. The van der Waals surface area contributed by atoms with Crippen molar-refractivity contribution in [2.24, 2.45) is 5.73 Å². The lowest BCUT2D eigenvalue weighted by Gasteiger charge is -2.21. The van der Waals surface area contributed by atoms with Gasteiger partial charge in [0.05, 0.1) is 4.99 Å². The summed E-state index contributed by atoms with van der Waals surface area (Å²) < 4.78 is 0. The van der Waals surface area contributed by atoms with E-state index in [4.69, 9.17) is 18.0 Å². The Morgan fingerprint density at radius 2 is 1.84 bits per heavy atom. The second-order valence-electron chi connectivity index (χ2n) is 4.54. The molecular formula is C14H21N3OS. The summed E-state index contributed by atoms with van der Waals surface area (Å²) >= 11 is 4.85. The zero-order valence-electron chi connectivity index (χ0n) is 11.7. The molecular weight excluding hydrogens is 258 g/mol. The minimum absolute atomic E-state index is 0.0176. The number of thiocarbonyl (C=S) groups is 1. The molecule has 0 aromatic heterocycles. The highest BCUT2D eigenvalue weighted by Gasteiger charge is 2.14. The molecule has 2 N–H and O–H groups in total. The van der Waals surface area contributed by atoms with E-state index >= 15 is 0 Å².